The molecule has 1 saturated heterocycles. The summed E-state index contributed by atoms with van der Waals surface area (Å²) in [4.78, 5) is 10.8. The second-order valence-electron chi connectivity index (χ2n) is 4.80. The molecule has 1 aliphatic rings. The van der Waals surface area contributed by atoms with Crippen molar-refractivity contribution >= 4 is 11.8 Å². The Kier molecular flexibility index (Phi) is 3.06. The standard InChI is InChI=1S/C13H18N6/c1-2-9-7-11(18-17-9)10-8-12(16-13(14)15-10)19-5-3-4-6-19/h7-8H,2-6H2,1H3,(H,17,18)(H2,14,15,16). The van der Waals surface area contributed by atoms with E-state index in [0.29, 0.717) is 5.95 Å². The maximum atomic E-state index is 5.82. The highest BCUT2D eigenvalue weighted by Crippen LogP contribution is 2.24. The summed E-state index contributed by atoms with van der Waals surface area (Å²) in [6.45, 7) is 4.16. The van der Waals surface area contributed by atoms with E-state index in [0.717, 1.165) is 42.4 Å². The number of aryl methyl sites for hydroxylation is 1. The van der Waals surface area contributed by atoms with Gasteiger partial charge in [0.15, 0.2) is 0 Å². The van der Waals surface area contributed by atoms with Gasteiger partial charge in [-0.2, -0.15) is 10.1 Å². The van der Waals surface area contributed by atoms with E-state index < -0.39 is 0 Å². The Morgan fingerprint density at radius 2 is 2.00 bits per heavy atom. The van der Waals surface area contributed by atoms with E-state index in [2.05, 4.69) is 32.0 Å². The quantitative estimate of drug-likeness (QED) is 0.873. The van der Waals surface area contributed by atoms with Gasteiger partial charge in [-0.15, -0.1) is 0 Å². The topological polar surface area (TPSA) is 83.7 Å². The first-order valence-corrected chi connectivity index (χ1v) is 6.70. The molecule has 6 nitrogen and oxygen atoms in total. The van der Waals surface area contributed by atoms with Gasteiger partial charge in [0.2, 0.25) is 5.95 Å². The van der Waals surface area contributed by atoms with Gasteiger partial charge in [-0.1, -0.05) is 6.92 Å². The average Bonchev–Trinajstić information content (AvgIpc) is 3.09. The van der Waals surface area contributed by atoms with Crippen LogP contribution in [0.15, 0.2) is 12.1 Å². The van der Waals surface area contributed by atoms with Gasteiger partial charge in [0.05, 0.1) is 5.69 Å². The number of nitrogens with zero attached hydrogens (tertiary/aromatic N) is 4. The normalized spacial score (nSPS) is 15.1. The number of aromatic amines is 1. The molecule has 0 saturated carbocycles. The Morgan fingerprint density at radius 3 is 2.68 bits per heavy atom. The lowest BCUT2D eigenvalue weighted by Crippen LogP contribution is -2.19. The summed E-state index contributed by atoms with van der Waals surface area (Å²) < 4.78 is 0. The number of hydrogen-bond donors (Lipinski definition) is 2. The van der Waals surface area contributed by atoms with Crippen molar-refractivity contribution in [2.24, 2.45) is 0 Å². The number of aromatic nitrogens is 4. The maximum absolute atomic E-state index is 5.82. The van der Waals surface area contributed by atoms with E-state index in [-0.39, 0.29) is 0 Å². The minimum absolute atomic E-state index is 0.306. The van der Waals surface area contributed by atoms with Crippen LogP contribution in [0.4, 0.5) is 11.8 Å². The molecule has 19 heavy (non-hydrogen) atoms. The molecule has 0 aliphatic carbocycles. The van der Waals surface area contributed by atoms with Crippen molar-refractivity contribution in [2.45, 2.75) is 26.2 Å². The van der Waals surface area contributed by atoms with Gasteiger partial charge >= 0.3 is 0 Å². The van der Waals surface area contributed by atoms with Gasteiger partial charge in [0, 0.05) is 24.8 Å². The van der Waals surface area contributed by atoms with Crippen LogP contribution in [0.25, 0.3) is 11.4 Å². The molecule has 0 unspecified atom stereocenters. The van der Waals surface area contributed by atoms with Crippen LogP contribution in [0.1, 0.15) is 25.5 Å². The van der Waals surface area contributed by atoms with Crippen molar-refractivity contribution in [3.8, 4) is 11.4 Å². The lowest BCUT2D eigenvalue weighted by atomic mass is 10.2. The Hall–Kier alpha value is -2.11. The molecule has 1 aliphatic heterocycles. The first kappa shape index (κ1) is 12.0. The molecule has 100 valence electrons. The van der Waals surface area contributed by atoms with Crippen LogP contribution < -0.4 is 10.6 Å². The van der Waals surface area contributed by atoms with E-state index in [1.54, 1.807) is 0 Å². The first-order valence-electron chi connectivity index (χ1n) is 6.70. The van der Waals surface area contributed by atoms with Gasteiger partial charge in [-0.25, -0.2) is 4.98 Å². The molecule has 0 atom stereocenters. The Morgan fingerprint density at radius 1 is 1.21 bits per heavy atom. The van der Waals surface area contributed by atoms with Crippen LogP contribution in [0.3, 0.4) is 0 Å². The van der Waals surface area contributed by atoms with Gasteiger partial charge < -0.3 is 10.6 Å². The Balaban J connectivity index is 1.96. The highest BCUT2D eigenvalue weighted by Gasteiger charge is 2.16. The predicted octanol–water partition coefficient (Wildman–Crippen LogP) is 1.61. The molecule has 0 amide bonds. The molecule has 3 rings (SSSR count). The van der Waals surface area contributed by atoms with Crippen molar-refractivity contribution < 1.29 is 0 Å². The van der Waals surface area contributed by atoms with E-state index in [4.69, 9.17) is 5.73 Å². The minimum Gasteiger partial charge on any atom is -0.368 e. The fourth-order valence-corrected chi connectivity index (χ4v) is 2.37. The second kappa shape index (κ2) is 4.87. The third-order valence-corrected chi connectivity index (χ3v) is 3.43. The number of hydrogen-bond acceptors (Lipinski definition) is 5. The average molecular weight is 258 g/mol. The van der Waals surface area contributed by atoms with Gasteiger partial charge in [0.25, 0.3) is 0 Å². The van der Waals surface area contributed by atoms with Crippen LogP contribution >= 0.6 is 0 Å². The van der Waals surface area contributed by atoms with E-state index in [9.17, 15) is 0 Å². The molecule has 6 heteroatoms. The summed E-state index contributed by atoms with van der Waals surface area (Å²) in [5.74, 6) is 1.21. The summed E-state index contributed by atoms with van der Waals surface area (Å²) in [6.07, 6.45) is 3.34. The molecule has 0 radical (unpaired) electrons. The highest BCUT2D eigenvalue weighted by atomic mass is 15.2. The minimum atomic E-state index is 0.306. The molecule has 0 spiro atoms. The SMILES string of the molecule is CCc1cc(-c2cc(N3CCCC3)nc(N)n2)n[nH]1. The van der Waals surface area contributed by atoms with Crippen molar-refractivity contribution in [2.75, 3.05) is 23.7 Å². The monoisotopic (exact) mass is 258 g/mol. The zero-order chi connectivity index (χ0) is 13.2. The number of anilines is 2. The Labute approximate surface area is 112 Å². The van der Waals surface area contributed by atoms with Crippen molar-refractivity contribution in [3.05, 3.63) is 17.8 Å². The summed E-state index contributed by atoms with van der Waals surface area (Å²) >= 11 is 0. The number of nitrogens with one attached hydrogen (secondary N) is 1. The number of nitrogen functional groups attached to an aromatic ring is 1. The molecule has 3 heterocycles. The summed E-state index contributed by atoms with van der Waals surface area (Å²) in [5, 5.41) is 7.27. The fraction of sp³-hybridized carbons (Fsp3) is 0.462. The number of H-pyrrole nitrogens is 1. The van der Waals surface area contributed by atoms with E-state index in [1.807, 2.05) is 12.1 Å². The van der Waals surface area contributed by atoms with Crippen LogP contribution in [0.2, 0.25) is 0 Å². The van der Waals surface area contributed by atoms with E-state index >= 15 is 0 Å². The zero-order valence-corrected chi connectivity index (χ0v) is 11.1. The van der Waals surface area contributed by atoms with Gasteiger partial charge in [0.1, 0.15) is 11.5 Å². The van der Waals surface area contributed by atoms with Crippen LogP contribution in [-0.4, -0.2) is 33.3 Å². The summed E-state index contributed by atoms with van der Waals surface area (Å²) in [7, 11) is 0. The van der Waals surface area contributed by atoms with Crippen molar-refractivity contribution in [3.63, 3.8) is 0 Å². The van der Waals surface area contributed by atoms with Crippen LogP contribution in [0.5, 0.6) is 0 Å². The highest BCUT2D eigenvalue weighted by molar-refractivity contribution is 5.61. The summed E-state index contributed by atoms with van der Waals surface area (Å²) in [5.41, 5.74) is 8.52. The lowest BCUT2D eigenvalue weighted by Gasteiger charge is -2.16. The van der Waals surface area contributed by atoms with Gasteiger partial charge in [-0.3, -0.25) is 5.10 Å². The third kappa shape index (κ3) is 2.38. The predicted molar refractivity (Wildman–Crippen MR) is 74.9 cm³/mol. The summed E-state index contributed by atoms with van der Waals surface area (Å²) in [6, 6.07) is 3.98. The Bertz CT molecular complexity index is 570. The number of nitrogens with two attached hydrogens (primary N) is 1. The smallest absolute Gasteiger partial charge is 0.222 e. The maximum Gasteiger partial charge on any atom is 0.222 e. The molecule has 2 aromatic heterocycles. The second-order valence-corrected chi connectivity index (χ2v) is 4.80. The molecule has 1 fully saturated rings. The molecule has 3 N–H and O–H groups in total. The molecule has 0 bridgehead atoms. The van der Waals surface area contributed by atoms with Crippen LogP contribution in [0, 0.1) is 0 Å². The zero-order valence-electron chi connectivity index (χ0n) is 11.1. The third-order valence-electron chi connectivity index (χ3n) is 3.43. The number of rotatable bonds is 3. The van der Waals surface area contributed by atoms with Crippen molar-refractivity contribution in [1.29, 1.82) is 0 Å². The molecular weight excluding hydrogens is 240 g/mol. The van der Waals surface area contributed by atoms with Gasteiger partial charge in [-0.05, 0) is 25.3 Å². The fourth-order valence-electron chi connectivity index (χ4n) is 2.37. The molecule has 2 aromatic rings. The van der Waals surface area contributed by atoms with Crippen LogP contribution in [-0.2, 0) is 6.42 Å². The molecule has 0 aromatic carbocycles. The lowest BCUT2D eigenvalue weighted by molar-refractivity contribution is 0.930. The first-order chi connectivity index (χ1) is 9.26. The molecular formula is C13H18N6. The van der Waals surface area contributed by atoms with E-state index in [1.165, 1.54) is 12.8 Å². The largest absolute Gasteiger partial charge is 0.368 e. The van der Waals surface area contributed by atoms with Crippen molar-refractivity contribution in [1.82, 2.24) is 20.2 Å².